The first kappa shape index (κ1) is 21.7. The Morgan fingerprint density at radius 2 is 1.82 bits per heavy atom. The van der Waals surface area contributed by atoms with Crippen LogP contribution < -0.4 is 11.1 Å². The van der Waals surface area contributed by atoms with Crippen molar-refractivity contribution in [3.05, 3.63) is 0 Å². The first-order valence-corrected chi connectivity index (χ1v) is 8.64. The van der Waals surface area contributed by atoms with Crippen molar-refractivity contribution >= 4 is 18.3 Å². The Kier molecular flexibility index (Phi) is 10.3. The fraction of sp³-hybridized carbons (Fsp3) is 0.941. The number of hydrogen-bond acceptors (Lipinski definition) is 3. The molecule has 0 atom stereocenters. The zero-order chi connectivity index (χ0) is 15.8. The molecule has 22 heavy (non-hydrogen) atoms. The van der Waals surface area contributed by atoms with E-state index < -0.39 is 0 Å². The molecular formula is C17H35ClN2O2. The van der Waals surface area contributed by atoms with Gasteiger partial charge in [0.05, 0.1) is 5.41 Å². The van der Waals surface area contributed by atoms with Gasteiger partial charge in [-0.1, -0.05) is 26.7 Å². The lowest BCUT2D eigenvalue weighted by atomic mass is 9.79. The second kappa shape index (κ2) is 10.5. The standard InChI is InChI=1S/C17H34N2O2.ClH/c1-4-17(5-2,13-18)15(20)19-14-16(9-7-8-10-16)11-12-21-6-3;/h4-14,18H2,1-3H3,(H,19,20);1H. The highest BCUT2D eigenvalue weighted by atomic mass is 35.5. The van der Waals surface area contributed by atoms with E-state index >= 15 is 0 Å². The average Bonchev–Trinajstić information content (AvgIpc) is 2.97. The second-order valence-corrected chi connectivity index (χ2v) is 6.53. The molecule has 0 heterocycles. The predicted molar refractivity (Wildman–Crippen MR) is 94.3 cm³/mol. The number of nitrogens with two attached hydrogens (primary N) is 1. The summed E-state index contributed by atoms with van der Waals surface area (Å²) >= 11 is 0. The molecule has 0 radical (unpaired) electrons. The third-order valence-electron chi connectivity index (χ3n) is 5.49. The molecule has 0 aromatic carbocycles. The number of rotatable bonds is 10. The molecule has 3 N–H and O–H groups in total. The number of nitrogens with one attached hydrogen (secondary N) is 1. The van der Waals surface area contributed by atoms with Crippen molar-refractivity contribution in [2.45, 2.75) is 65.7 Å². The van der Waals surface area contributed by atoms with Gasteiger partial charge in [-0.3, -0.25) is 4.79 Å². The monoisotopic (exact) mass is 334 g/mol. The van der Waals surface area contributed by atoms with Crippen LogP contribution in [0.15, 0.2) is 0 Å². The molecule has 132 valence electrons. The third kappa shape index (κ3) is 5.39. The third-order valence-corrected chi connectivity index (χ3v) is 5.49. The quantitative estimate of drug-likeness (QED) is 0.603. The minimum Gasteiger partial charge on any atom is -0.382 e. The number of carbonyl (C=O) groups excluding carboxylic acids is 1. The fourth-order valence-corrected chi connectivity index (χ4v) is 3.48. The van der Waals surface area contributed by atoms with E-state index in [1.807, 2.05) is 6.92 Å². The molecule has 0 spiro atoms. The van der Waals surface area contributed by atoms with E-state index in [-0.39, 0.29) is 29.1 Å². The molecule has 1 saturated carbocycles. The van der Waals surface area contributed by atoms with Gasteiger partial charge in [0.2, 0.25) is 5.91 Å². The van der Waals surface area contributed by atoms with Gasteiger partial charge < -0.3 is 15.8 Å². The molecule has 1 amide bonds. The number of carbonyl (C=O) groups is 1. The maximum Gasteiger partial charge on any atom is 0.227 e. The molecule has 1 rings (SSSR count). The van der Waals surface area contributed by atoms with E-state index in [2.05, 4.69) is 19.2 Å². The molecule has 1 aliphatic rings. The van der Waals surface area contributed by atoms with Gasteiger partial charge in [0.1, 0.15) is 0 Å². The van der Waals surface area contributed by atoms with E-state index in [4.69, 9.17) is 10.5 Å². The maximum absolute atomic E-state index is 12.6. The summed E-state index contributed by atoms with van der Waals surface area (Å²) in [7, 11) is 0. The Hall–Kier alpha value is -0.320. The molecule has 1 fully saturated rings. The van der Waals surface area contributed by atoms with Crippen LogP contribution in [0, 0.1) is 10.8 Å². The lowest BCUT2D eigenvalue weighted by Crippen LogP contribution is -2.48. The van der Waals surface area contributed by atoms with Crippen molar-refractivity contribution in [3.63, 3.8) is 0 Å². The minimum absolute atomic E-state index is 0. The van der Waals surface area contributed by atoms with E-state index in [9.17, 15) is 4.79 Å². The summed E-state index contributed by atoms with van der Waals surface area (Å²) < 4.78 is 5.53. The number of hydrogen-bond donors (Lipinski definition) is 2. The van der Waals surface area contributed by atoms with Crippen LogP contribution in [0.1, 0.15) is 65.7 Å². The van der Waals surface area contributed by atoms with Crippen LogP contribution in [0.4, 0.5) is 0 Å². The van der Waals surface area contributed by atoms with Crippen LogP contribution in [0.5, 0.6) is 0 Å². The van der Waals surface area contributed by atoms with Gasteiger partial charge >= 0.3 is 0 Å². The lowest BCUT2D eigenvalue weighted by Gasteiger charge is -2.33. The summed E-state index contributed by atoms with van der Waals surface area (Å²) in [6.45, 7) is 8.91. The summed E-state index contributed by atoms with van der Waals surface area (Å²) in [5.74, 6) is 0.137. The summed E-state index contributed by atoms with van der Waals surface area (Å²) in [6.07, 6.45) is 7.60. The number of ether oxygens (including phenoxy) is 1. The normalized spacial score (nSPS) is 17.1. The SMILES string of the molecule is CCOCCC1(CNC(=O)C(CC)(CC)CN)CCCC1.Cl. The molecule has 0 saturated heterocycles. The molecule has 1 aliphatic carbocycles. The van der Waals surface area contributed by atoms with Gasteiger partial charge in [-0.2, -0.15) is 0 Å². The van der Waals surface area contributed by atoms with Crippen LogP contribution in [-0.2, 0) is 9.53 Å². The molecule has 0 aromatic heterocycles. The van der Waals surface area contributed by atoms with E-state index in [1.54, 1.807) is 0 Å². The average molecular weight is 335 g/mol. The molecule has 0 aromatic rings. The van der Waals surface area contributed by atoms with Gasteiger partial charge in [-0.25, -0.2) is 0 Å². The highest BCUT2D eigenvalue weighted by Gasteiger charge is 2.37. The minimum atomic E-state index is -0.389. The molecule has 0 unspecified atom stereocenters. The summed E-state index contributed by atoms with van der Waals surface area (Å²) in [5.41, 5.74) is 5.72. The van der Waals surface area contributed by atoms with Crippen LogP contribution in [-0.4, -0.2) is 32.2 Å². The molecule has 0 bridgehead atoms. The highest BCUT2D eigenvalue weighted by molar-refractivity contribution is 5.85. The Morgan fingerprint density at radius 3 is 2.27 bits per heavy atom. The van der Waals surface area contributed by atoms with Crippen LogP contribution in [0.3, 0.4) is 0 Å². The molecular weight excluding hydrogens is 300 g/mol. The Morgan fingerprint density at radius 1 is 1.23 bits per heavy atom. The summed E-state index contributed by atoms with van der Waals surface area (Å²) in [5, 5.41) is 3.21. The van der Waals surface area contributed by atoms with Gasteiger partial charge in [0, 0.05) is 26.3 Å². The number of halogens is 1. The van der Waals surface area contributed by atoms with Gasteiger partial charge in [0.15, 0.2) is 0 Å². The Bertz CT molecular complexity index is 306. The van der Waals surface area contributed by atoms with Crippen molar-refractivity contribution in [3.8, 4) is 0 Å². The summed E-state index contributed by atoms with van der Waals surface area (Å²) in [6, 6.07) is 0. The zero-order valence-corrected chi connectivity index (χ0v) is 15.4. The highest BCUT2D eigenvalue weighted by Crippen LogP contribution is 2.40. The topological polar surface area (TPSA) is 64.3 Å². The van der Waals surface area contributed by atoms with Crippen molar-refractivity contribution < 1.29 is 9.53 Å². The van der Waals surface area contributed by atoms with Crippen molar-refractivity contribution in [2.24, 2.45) is 16.6 Å². The predicted octanol–water partition coefficient (Wildman–Crippen LogP) is 3.28. The van der Waals surface area contributed by atoms with Crippen LogP contribution in [0.2, 0.25) is 0 Å². The van der Waals surface area contributed by atoms with Crippen LogP contribution in [0.25, 0.3) is 0 Å². The largest absolute Gasteiger partial charge is 0.382 e. The first-order chi connectivity index (χ1) is 10.1. The van der Waals surface area contributed by atoms with Gasteiger partial charge in [0.25, 0.3) is 0 Å². The summed E-state index contributed by atoms with van der Waals surface area (Å²) in [4.78, 5) is 12.6. The van der Waals surface area contributed by atoms with Crippen molar-refractivity contribution in [2.75, 3.05) is 26.3 Å². The van der Waals surface area contributed by atoms with Crippen LogP contribution >= 0.6 is 12.4 Å². The second-order valence-electron chi connectivity index (χ2n) is 6.53. The number of amides is 1. The fourth-order valence-electron chi connectivity index (χ4n) is 3.48. The van der Waals surface area contributed by atoms with E-state index in [0.29, 0.717) is 6.54 Å². The van der Waals surface area contributed by atoms with Gasteiger partial charge in [-0.05, 0) is 44.4 Å². The zero-order valence-electron chi connectivity index (χ0n) is 14.6. The smallest absolute Gasteiger partial charge is 0.227 e. The van der Waals surface area contributed by atoms with E-state index in [1.165, 1.54) is 25.7 Å². The van der Waals surface area contributed by atoms with Gasteiger partial charge in [-0.15, -0.1) is 12.4 Å². The van der Waals surface area contributed by atoms with Crippen molar-refractivity contribution in [1.29, 1.82) is 0 Å². The van der Waals surface area contributed by atoms with Crippen molar-refractivity contribution in [1.82, 2.24) is 5.32 Å². The lowest BCUT2D eigenvalue weighted by molar-refractivity contribution is -0.131. The molecule has 5 heteroatoms. The van der Waals surface area contributed by atoms with E-state index in [0.717, 1.165) is 39.0 Å². The molecule has 0 aliphatic heterocycles. The molecule has 4 nitrogen and oxygen atoms in total. The Labute approximate surface area is 142 Å². The Balaban J connectivity index is 0.00000441. The first-order valence-electron chi connectivity index (χ1n) is 8.64. The maximum atomic E-state index is 12.6.